The van der Waals surface area contributed by atoms with E-state index in [1.54, 1.807) is 12.1 Å². The van der Waals surface area contributed by atoms with Crippen LogP contribution in [0.4, 0.5) is 4.39 Å². The summed E-state index contributed by atoms with van der Waals surface area (Å²) < 4.78 is 18.7. The van der Waals surface area contributed by atoms with Crippen LogP contribution >= 0.6 is 34.5 Å². The predicted molar refractivity (Wildman–Crippen MR) is 104 cm³/mol. The largest absolute Gasteiger partial charge is 0.451 e. The topological polar surface area (TPSA) is 84.5 Å². The third-order valence-corrected chi connectivity index (χ3v) is 5.51. The Morgan fingerprint density at radius 1 is 1.07 bits per heavy atom. The van der Waals surface area contributed by atoms with Gasteiger partial charge in [0.05, 0.1) is 15.6 Å². The minimum absolute atomic E-state index is 0.0511. The van der Waals surface area contributed by atoms with Gasteiger partial charge in [0, 0.05) is 10.1 Å². The van der Waals surface area contributed by atoms with Crippen molar-refractivity contribution in [2.75, 3.05) is 6.61 Å². The molecular formula is C18H11Cl2FN2O4S. The Hall–Kier alpha value is -2.68. The van der Waals surface area contributed by atoms with Gasteiger partial charge in [-0.1, -0.05) is 35.3 Å². The molecule has 0 atom stereocenters. The summed E-state index contributed by atoms with van der Waals surface area (Å²) in [5.41, 5.74) is 4.44. The van der Waals surface area contributed by atoms with E-state index in [0.29, 0.717) is 10.1 Å². The van der Waals surface area contributed by atoms with Gasteiger partial charge in [-0.2, -0.15) is 0 Å². The van der Waals surface area contributed by atoms with Gasteiger partial charge in [0.1, 0.15) is 10.7 Å². The summed E-state index contributed by atoms with van der Waals surface area (Å²) in [5, 5.41) is 0.852. The van der Waals surface area contributed by atoms with Gasteiger partial charge in [-0.05, 0) is 30.3 Å². The van der Waals surface area contributed by atoms with Gasteiger partial charge in [0.25, 0.3) is 11.8 Å². The molecule has 28 heavy (non-hydrogen) atoms. The van der Waals surface area contributed by atoms with Crippen molar-refractivity contribution in [1.82, 2.24) is 10.9 Å². The maximum atomic E-state index is 13.3. The fraction of sp³-hybridized carbons (Fsp3) is 0.0556. The Morgan fingerprint density at radius 3 is 2.57 bits per heavy atom. The van der Waals surface area contributed by atoms with Crippen molar-refractivity contribution in [1.29, 1.82) is 0 Å². The highest BCUT2D eigenvalue weighted by atomic mass is 35.5. The second-order valence-corrected chi connectivity index (χ2v) is 7.28. The second kappa shape index (κ2) is 8.55. The molecule has 10 heteroatoms. The van der Waals surface area contributed by atoms with Crippen LogP contribution in [0.3, 0.4) is 0 Å². The van der Waals surface area contributed by atoms with Crippen molar-refractivity contribution in [2.24, 2.45) is 0 Å². The fourth-order valence-corrected chi connectivity index (χ4v) is 3.89. The highest BCUT2D eigenvalue weighted by Gasteiger charge is 2.20. The molecule has 0 spiro atoms. The van der Waals surface area contributed by atoms with E-state index in [1.165, 1.54) is 30.3 Å². The average molecular weight is 441 g/mol. The van der Waals surface area contributed by atoms with E-state index in [4.69, 9.17) is 27.9 Å². The van der Waals surface area contributed by atoms with E-state index in [1.807, 2.05) is 0 Å². The zero-order valence-electron chi connectivity index (χ0n) is 13.9. The second-order valence-electron chi connectivity index (χ2n) is 5.44. The monoisotopic (exact) mass is 440 g/mol. The molecule has 6 nitrogen and oxygen atoms in total. The molecular weight excluding hydrogens is 430 g/mol. The highest BCUT2D eigenvalue weighted by molar-refractivity contribution is 7.21. The summed E-state index contributed by atoms with van der Waals surface area (Å²) in [6.07, 6.45) is 0. The number of carbonyl (C=O) groups is 3. The lowest BCUT2D eigenvalue weighted by molar-refractivity contribution is -0.125. The molecule has 0 saturated carbocycles. The van der Waals surface area contributed by atoms with Crippen LogP contribution in [0, 0.1) is 5.82 Å². The number of hydrogen-bond donors (Lipinski definition) is 2. The number of amides is 2. The first-order valence-electron chi connectivity index (χ1n) is 7.75. The first kappa shape index (κ1) is 20.1. The summed E-state index contributed by atoms with van der Waals surface area (Å²) >= 11 is 13.0. The molecule has 1 heterocycles. The molecule has 2 N–H and O–H groups in total. The van der Waals surface area contributed by atoms with Crippen LogP contribution in [0.15, 0.2) is 42.5 Å². The third-order valence-electron chi connectivity index (χ3n) is 3.55. The molecule has 0 aliphatic carbocycles. The molecule has 0 unspecified atom stereocenters. The standard InChI is InChI=1S/C18H11Cl2FN2O4S/c19-12-4-2-1-3-10(12)17(25)23-22-14(24)8-27-18(26)16-15(20)11-6-5-9(21)7-13(11)28-16/h1-7H,8H2,(H,22,24)(H,23,25). The van der Waals surface area contributed by atoms with E-state index < -0.39 is 30.2 Å². The zero-order chi connectivity index (χ0) is 20.3. The summed E-state index contributed by atoms with van der Waals surface area (Å²) in [6, 6.07) is 10.2. The molecule has 0 aliphatic rings. The Labute approximate surface area is 172 Å². The smallest absolute Gasteiger partial charge is 0.350 e. The molecule has 0 saturated heterocycles. The quantitative estimate of drug-likeness (QED) is 0.474. The third kappa shape index (κ3) is 4.41. The van der Waals surface area contributed by atoms with Crippen LogP contribution in [-0.2, 0) is 9.53 Å². The number of benzene rings is 2. The molecule has 2 amide bonds. The normalized spacial score (nSPS) is 10.5. The first-order valence-corrected chi connectivity index (χ1v) is 9.32. The number of thiophene rings is 1. The molecule has 144 valence electrons. The molecule has 0 aliphatic heterocycles. The van der Waals surface area contributed by atoms with E-state index >= 15 is 0 Å². The van der Waals surface area contributed by atoms with Crippen LogP contribution in [0.1, 0.15) is 20.0 Å². The molecule has 0 fully saturated rings. The number of halogens is 3. The number of carbonyl (C=O) groups excluding carboxylic acids is 3. The maximum absolute atomic E-state index is 13.3. The van der Waals surface area contributed by atoms with E-state index in [9.17, 15) is 18.8 Å². The number of hydrazine groups is 1. The fourth-order valence-electron chi connectivity index (χ4n) is 2.24. The average Bonchev–Trinajstić information content (AvgIpc) is 3.00. The molecule has 1 aromatic heterocycles. The zero-order valence-corrected chi connectivity index (χ0v) is 16.3. The van der Waals surface area contributed by atoms with E-state index in [0.717, 1.165) is 11.3 Å². The predicted octanol–water partition coefficient (Wildman–Crippen LogP) is 3.97. The lowest BCUT2D eigenvalue weighted by Crippen LogP contribution is -2.43. The Kier molecular flexibility index (Phi) is 6.13. The van der Waals surface area contributed by atoms with Crippen molar-refractivity contribution in [3.63, 3.8) is 0 Å². The van der Waals surface area contributed by atoms with Crippen LogP contribution < -0.4 is 10.9 Å². The Morgan fingerprint density at radius 2 is 1.82 bits per heavy atom. The van der Waals surface area contributed by atoms with Crippen molar-refractivity contribution in [3.05, 3.63) is 68.8 Å². The van der Waals surface area contributed by atoms with Gasteiger partial charge in [-0.3, -0.25) is 20.4 Å². The van der Waals surface area contributed by atoms with Gasteiger partial charge in [-0.15, -0.1) is 11.3 Å². The summed E-state index contributed by atoms with van der Waals surface area (Å²) in [7, 11) is 0. The number of ether oxygens (including phenoxy) is 1. The minimum atomic E-state index is -0.834. The molecule has 2 aromatic carbocycles. The molecule has 3 rings (SSSR count). The van der Waals surface area contributed by atoms with Gasteiger partial charge in [0.15, 0.2) is 6.61 Å². The molecule has 3 aromatic rings. The van der Waals surface area contributed by atoms with Crippen molar-refractivity contribution < 1.29 is 23.5 Å². The maximum Gasteiger partial charge on any atom is 0.350 e. The SMILES string of the molecule is O=C(COC(=O)c1sc2cc(F)ccc2c1Cl)NNC(=O)c1ccccc1Cl. The van der Waals surface area contributed by atoms with E-state index in [2.05, 4.69) is 10.9 Å². The molecule has 0 bridgehead atoms. The van der Waals surface area contributed by atoms with Gasteiger partial charge < -0.3 is 4.74 Å². The van der Waals surface area contributed by atoms with Crippen LogP contribution in [-0.4, -0.2) is 24.4 Å². The first-order chi connectivity index (χ1) is 13.4. The summed E-state index contributed by atoms with van der Waals surface area (Å²) in [4.78, 5) is 35.9. The number of nitrogens with one attached hydrogen (secondary N) is 2. The van der Waals surface area contributed by atoms with Crippen molar-refractivity contribution in [3.8, 4) is 0 Å². The number of hydrogen-bond acceptors (Lipinski definition) is 5. The number of fused-ring (bicyclic) bond motifs is 1. The number of rotatable bonds is 4. The van der Waals surface area contributed by atoms with E-state index in [-0.39, 0.29) is 20.5 Å². The lowest BCUT2D eigenvalue weighted by Gasteiger charge is -2.08. The molecule has 0 radical (unpaired) electrons. The van der Waals surface area contributed by atoms with Gasteiger partial charge >= 0.3 is 5.97 Å². The van der Waals surface area contributed by atoms with Crippen LogP contribution in [0.25, 0.3) is 10.1 Å². The Bertz CT molecular complexity index is 1090. The van der Waals surface area contributed by atoms with Gasteiger partial charge in [0.2, 0.25) is 0 Å². The van der Waals surface area contributed by atoms with Crippen molar-refractivity contribution >= 4 is 62.4 Å². The van der Waals surface area contributed by atoms with Crippen LogP contribution in [0.2, 0.25) is 10.0 Å². The Balaban J connectivity index is 1.56. The summed E-state index contributed by atoms with van der Waals surface area (Å²) in [6.45, 7) is -0.652. The van der Waals surface area contributed by atoms with Gasteiger partial charge in [-0.25, -0.2) is 9.18 Å². The van der Waals surface area contributed by atoms with Crippen LogP contribution in [0.5, 0.6) is 0 Å². The lowest BCUT2D eigenvalue weighted by atomic mass is 10.2. The van der Waals surface area contributed by atoms with Crippen molar-refractivity contribution in [2.45, 2.75) is 0 Å². The minimum Gasteiger partial charge on any atom is -0.451 e. The summed E-state index contributed by atoms with van der Waals surface area (Å²) in [5.74, 6) is -2.69. The number of esters is 1. The highest BCUT2D eigenvalue weighted by Crippen LogP contribution is 2.36.